The van der Waals surface area contributed by atoms with E-state index in [0.717, 1.165) is 13.2 Å². The van der Waals surface area contributed by atoms with Gasteiger partial charge in [0.2, 0.25) is 0 Å². The molecule has 1 aromatic rings. The van der Waals surface area contributed by atoms with Crippen LogP contribution in [0, 0.1) is 0 Å². The van der Waals surface area contributed by atoms with Gasteiger partial charge in [0.05, 0.1) is 6.10 Å². The normalized spacial score (nSPS) is 15.7. The number of methoxy groups -OCH3 is 1. The minimum Gasteiger partial charge on any atom is -0.376 e. The van der Waals surface area contributed by atoms with E-state index >= 15 is 0 Å². The summed E-state index contributed by atoms with van der Waals surface area (Å²) < 4.78 is 148. The van der Waals surface area contributed by atoms with E-state index in [0.29, 0.717) is 0 Å². The lowest BCUT2D eigenvalue weighted by atomic mass is 9.92. The highest BCUT2D eigenvalue weighted by atomic mass is 79.9. The largest absolute Gasteiger partial charge is 0.460 e. The van der Waals surface area contributed by atoms with Gasteiger partial charge in [0.15, 0.2) is 0 Å². The van der Waals surface area contributed by atoms with E-state index in [1.54, 1.807) is 0 Å². The molecule has 0 aliphatic rings. The van der Waals surface area contributed by atoms with E-state index < -0.39 is 42.4 Å². The van der Waals surface area contributed by atoms with E-state index in [1.807, 2.05) is 0 Å². The monoisotopic (exact) mass is 482 g/mol. The summed E-state index contributed by atoms with van der Waals surface area (Å²) in [5, 5.41) is 0. The highest BCUT2D eigenvalue weighted by molar-refractivity contribution is 9.10. The van der Waals surface area contributed by atoms with Gasteiger partial charge in [-0.15, -0.1) is 0 Å². The molecule has 0 spiro atoms. The van der Waals surface area contributed by atoms with Crippen LogP contribution in [0.5, 0.6) is 0 Å². The van der Waals surface area contributed by atoms with Crippen LogP contribution >= 0.6 is 15.9 Å². The van der Waals surface area contributed by atoms with E-state index in [4.69, 9.17) is 0 Å². The number of hydrogen-bond donors (Lipinski definition) is 0. The molecule has 0 bridgehead atoms. The Kier molecular flexibility index (Phi) is 6.54. The summed E-state index contributed by atoms with van der Waals surface area (Å²) in [6.45, 7) is 0. The van der Waals surface area contributed by atoms with Crippen LogP contribution < -0.4 is 0 Å². The molecule has 0 saturated heterocycles. The molecule has 27 heavy (non-hydrogen) atoms. The smallest absolute Gasteiger partial charge is 0.376 e. The zero-order valence-electron chi connectivity index (χ0n) is 13.0. The van der Waals surface area contributed by atoms with Gasteiger partial charge >= 0.3 is 29.9 Å². The molecule has 0 heterocycles. The molecule has 0 N–H and O–H groups in total. The van der Waals surface area contributed by atoms with Crippen molar-refractivity contribution in [2.45, 2.75) is 42.4 Å². The summed E-state index contributed by atoms with van der Waals surface area (Å²) in [4.78, 5) is 0. The Hall–Kier alpha value is -1.11. The van der Waals surface area contributed by atoms with E-state index in [9.17, 15) is 48.3 Å². The van der Waals surface area contributed by atoms with Gasteiger partial charge in [0.25, 0.3) is 0 Å². The van der Waals surface area contributed by atoms with Gasteiger partial charge in [-0.1, -0.05) is 34.1 Å². The average Bonchev–Trinajstić information content (AvgIpc) is 2.51. The molecular weight excluding hydrogens is 473 g/mol. The zero-order chi connectivity index (χ0) is 21.5. The van der Waals surface area contributed by atoms with Crippen LogP contribution in [-0.2, 0) is 4.74 Å². The lowest BCUT2D eigenvalue weighted by Crippen LogP contribution is -2.66. The second-order valence-corrected chi connectivity index (χ2v) is 6.23. The number of alkyl halides is 11. The van der Waals surface area contributed by atoms with Crippen molar-refractivity contribution >= 4 is 15.9 Å². The van der Waals surface area contributed by atoms with Gasteiger partial charge < -0.3 is 4.74 Å². The van der Waals surface area contributed by atoms with Gasteiger partial charge in [-0.3, -0.25) is 0 Å². The Balaban J connectivity index is 3.33. The van der Waals surface area contributed by atoms with Crippen LogP contribution in [-0.4, -0.2) is 37.0 Å². The van der Waals surface area contributed by atoms with Gasteiger partial charge in [-0.2, -0.15) is 48.3 Å². The summed E-state index contributed by atoms with van der Waals surface area (Å²) in [6.07, 6.45) is -11.5. The van der Waals surface area contributed by atoms with Crippen molar-refractivity contribution in [1.82, 2.24) is 0 Å². The summed E-state index contributed by atoms with van der Waals surface area (Å²) in [5.74, 6) is -27.9. The maximum atomic E-state index is 13.8. The third kappa shape index (κ3) is 4.03. The van der Waals surface area contributed by atoms with Crippen LogP contribution in [0.1, 0.15) is 18.1 Å². The molecule has 1 atom stereocenters. The van der Waals surface area contributed by atoms with Gasteiger partial charge in [-0.05, 0) is 11.6 Å². The Morgan fingerprint density at radius 2 is 1.30 bits per heavy atom. The molecule has 156 valence electrons. The first-order valence-corrected chi connectivity index (χ1v) is 7.58. The Bertz CT molecular complexity index is 657. The van der Waals surface area contributed by atoms with Crippen molar-refractivity contribution in [2.24, 2.45) is 0 Å². The number of ether oxygens (including phenoxy) is 1. The van der Waals surface area contributed by atoms with Crippen LogP contribution in [0.25, 0.3) is 0 Å². The van der Waals surface area contributed by atoms with Gasteiger partial charge in [0.1, 0.15) is 0 Å². The lowest BCUT2D eigenvalue weighted by molar-refractivity contribution is -0.423. The standard InChI is InChI=1S/C14H10BrF11O/c1-27-9(7-4-2-3-5-8(7)15)6-10(16,17)11(18,19)12(20,21)13(22,23)14(24,25)26/h2-5,9H,6H2,1H3. The third-order valence-corrected chi connectivity index (χ3v) is 4.30. The lowest BCUT2D eigenvalue weighted by Gasteiger charge is -2.38. The van der Waals surface area contributed by atoms with Crippen molar-refractivity contribution in [1.29, 1.82) is 0 Å². The number of halogens is 12. The van der Waals surface area contributed by atoms with E-state index in [1.165, 1.54) is 18.2 Å². The first-order valence-electron chi connectivity index (χ1n) is 6.79. The van der Waals surface area contributed by atoms with Crippen LogP contribution in [0.15, 0.2) is 28.7 Å². The minimum atomic E-state index is -7.42. The second kappa shape index (κ2) is 7.37. The maximum absolute atomic E-state index is 13.8. The van der Waals surface area contributed by atoms with Crippen molar-refractivity contribution in [3.8, 4) is 0 Å². The molecule has 0 fully saturated rings. The molecule has 1 unspecified atom stereocenters. The Labute approximate surface area is 153 Å². The summed E-state index contributed by atoms with van der Waals surface area (Å²) in [5.41, 5.74) is -0.235. The van der Waals surface area contributed by atoms with Gasteiger partial charge in [-0.25, -0.2) is 0 Å². The fraction of sp³-hybridized carbons (Fsp3) is 0.571. The summed E-state index contributed by atoms with van der Waals surface area (Å²) in [7, 11) is 0.737. The second-order valence-electron chi connectivity index (χ2n) is 5.38. The summed E-state index contributed by atoms with van der Waals surface area (Å²) >= 11 is 2.86. The molecule has 1 rings (SSSR count). The first kappa shape index (κ1) is 23.9. The zero-order valence-corrected chi connectivity index (χ0v) is 14.6. The number of hydrogen-bond acceptors (Lipinski definition) is 1. The van der Waals surface area contributed by atoms with Crippen molar-refractivity contribution < 1.29 is 53.0 Å². The predicted octanol–water partition coefficient (Wildman–Crippen LogP) is 6.63. The van der Waals surface area contributed by atoms with Crippen LogP contribution in [0.2, 0.25) is 0 Å². The first-order chi connectivity index (χ1) is 11.9. The Morgan fingerprint density at radius 3 is 1.70 bits per heavy atom. The van der Waals surface area contributed by atoms with Gasteiger partial charge in [0, 0.05) is 18.0 Å². The minimum absolute atomic E-state index is 0.0309. The average molecular weight is 483 g/mol. The predicted molar refractivity (Wildman–Crippen MR) is 74.4 cm³/mol. The molecule has 1 nitrogen and oxygen atoms in total. The van der Waals surface area contributed by atoms with E-state index in [-0.39, 0.29) is 10.0 Å². The number of rotatable bonds is 7. The molecule has 1 aromatic carbocycles. The highest BCUT2D eigenvalue weighted by Crippen LogP contribution is 2.58. The fourth-order valence-electron chi connectivity index (χ4n) is 2.02. The molecule has 0 saturated carbocycles. The molecule has 0 amide bonds. The van der Waals surface area contributed by atoms with Crippen molar-refractivity contribution in [3.63, 3.8) is 0 Å². The summed E-state index contributed by atoms with van der Waals surface area (Å²) in [6, 6.07) is 4.96. The maximum Gasteiger partial charge on any atom is 0.460 e. The number of benzene rings is 1. The molecule has 13 heteroatoms. The molecule has 0 aromatic heterocycles. The van der Waals surface area contributed by atoms with Crippen molar-refractivity contribution in [3.05, 3.63) is 34.3 Å². The SMILES string of the molecule is COC(CC(F)(F)C(F)(F)C(F)(F)C(F)(F)C(F)(F)F)c1ccccc1Br. The third-order valence-electron chi connectivity index (χ3n) is 3.58. The Morgan fingerprint density at radius 1 is 0.815 bits per heavy atom. The molecular formula is C14H10BrF11O. The topological polar surface area (TPSA) is 9.23 Å². The van der Waals surface area contributed by atoms with Crippen LogP contribution in [0.4, 0.5) is 48.3 Å². The molecule has 0 aliphatic carbocycles. The fourth-order valence-corrected chi connectivity index (χ4v) is 2.56. The highest BCUT2D eigenvalue weighted by Gasteiger charge is 2.87. The molecule has 0 aliphatic heterocycles. The molecule has 0 radical (unpaired) electrons. The quantitative estimate of drug-likeness (QED) is 0.396. The van der Waals surface area contributed by atoms with Crippen LogP contribution in [0.3, 0.4) is 0 Å². The van der Waals surface area contributed by atoms with Crippen molar-refractivity contribution in [2.75, 3.05) is 7.11 Å². The van der Waals surface area contributed by atoms with E-state index in [2.05, 4.69) is 20.7 Å².